The van der Waals surface area contributed by atoms with Crippen LogP contribution in [0.2, 0.25) is 0 Å². The minimum Gasteiger partial charge on any atom is -0.444 e. The summed E-state index contributed by atoms with van der Waals surface area (Å²) in [6.45, 7) is 8.81. The van der Waals surface area contributed by atoms with Crippen LogP contribution in [0.25, 0.3) is 0 Å². The second kappa shape index (κ2) is 8.97. The van der Waals surface area contributed by atoms with E-state index < -0.39 is 5.60 Å². The zero-order chi connectivity index (χ0) is 20.1. The number of carbonyl (C=O) groups is 2. The fraction of sp³-hybridized carbons (Fsp3) is 0.652. The van der Waals surface area contributed by atoms with Gasteiger partial charge in [0.15, 0.2) is 0 Å². The zero-order valence-corrected chi connectivity index (χ0v) is 17.5. The van der Waals surface area contributed by atoms with Crippen LogP contribution in [0.5, 0.6) is 0 Å². The van der Waals surface area contributed by atoms with E-state index in [1.807, 2.05) is 39.0 Å². The first kappa shape index (κ1) is 20.7. The number of rotatable bonds is 4. The molecule has 0 N–H and O–H groups in total. The van der Waals surface area contributed by atoms with Crippen molar-refractivity contribution in [2.45, 2.75) is 58.5 Å². The lowest BCUT2D eigenvalue weighted by Crippen LogP contribution is -2.47. The predicted molar refractivity (Wildman–Crippen MR) is 110 cm³/mol. The van der Waals surface area contributed by atoms with Crippen molar-refractivity contribution < 1.29 is 14.3 Å². The number of amides is 2. The minimum atomic E-state index is -0.456. The van der Waals surface area contributed by atoms with Gasteiger partial charge in [-0.15, -0.1) is 0 Å². The quantitative estimate of drug-likeness (QED) is 0.782. The number of hydrogen-bond acceptors (Lipinski definition) is 3. The number of hydrogen-bond donors (Lipinski definition) is 0. The summed E-state index contributed by atoms with van der Waals surface area (Å²) in [6.07, 6.45) is 4.57. The lowest BCUT2D eigenvalue weighted by molar-refractivity contribution is -0.139. The first-order valence-electron chi connectivity index (χ1n) is 10.6. The fourth-order valence-electron chi connectivity index (χ4n) is 4.23. The van der Waals surface area contributed by atoms with E-state index in [-0.39, 0.29) is 12.0 Å². The molecule has 3 rings (SSSR count). The maximum Gasteiger partial charge on any atom is 0.410 e. The van der Waals surface area contributed by atoms with Crippen molar-refractivity contribution in [2.75, 3.05) is 26.2 Å². The molecule has 0 saturated carbocycles. The van der Waals surface area contributed by atoms with Crippen LogP contribution >= 0.6 is 0 Å². The molecule has 0 bridgehead atoms. The lowest BCUT2D eigenvalue weighted by Gasteiger charge is -2.38. The van der Waals surface area contributed by atoms with Crippen LogP contribution in [-0.4, -0.2) is 53.6 Å². The Morgan fingerprint density at radius 3 is 2.39 bits per heavy atom. The summed E-state index contributed by atoms with van der Waals surface area (Å²) in [7, 11) is 0. The maximum absolute atomic E-state index is 13.0. The highest BCUT2D eigenvalue weighted by Crippen LogP contribution is 2.26. The molecule has 5 nitrogen and oxygen atoms in total. The molecule has 28 heavy (non-hydrogen) atoms. The van der Waals surface area contributed by atoms with Crippen molar-refractivity contribution in [1.29, 1.82) is 0 Å². The van der Waals surface area contributed by atoms with E-state index in [0.29, 0.717) is 11.8 Å². The van der Waals surface area contributed by atoms with Gasteiger partial charge in [-0.25, -0.2) is 4.79 Å². The van der Waals surface area contributed by atoms with Crippen LogP contribution in [0.4, 0.5) is 4.79 Å². The molecule has 2 fully saturated rings. The van der Waals surface area contributed by atoms with Gasteiger partial charge < -0.3 is 14.5 Å². The molecule has 0 spiro atoms. The highest BCUT2D eigenvalue weighted by molar-refractivity contribution is 5.80. The third kappa shape index (κ3) is 5.73. The van der Waals surface area contributed by atoms with Crippen molar-refractivity contribution in [2.24, 2.45) is 11.8 Å². The smallest absolute Gasteiger partial charge is 0.410 e. The Morgan fingerprint density at radius 2 is 1.75 bits per heavy atom. The standard InChI is InChI=1S/C23H34N2O3/c1-23(2,3)28-22(27)24-14-11-19(12-15-24)17-25-13-7-10-20(21(25)26)16-18-8-5-4-6-9-18/h4-6,8-9,19-20H,7,10-17H2,1-3H3/t20-/m0/s1. The van der Waals surface area contributed by atoms with Crippen molar-refractivity contribution in [3.63, 3.8) is 0 Å². The number of piperidine rings is 2. The molecule has 2 heterocycles. The normalized spacial score (nSPS) is 21.7. The molecule has 0 aliphatic carbocycles. The van der Waals surface area contributed by atoms with Crippen LogP contribution < -0.4 is 0 Å². The minimum absolute atomic E-state index is 0.109. The highest BCUT2D eigenvalue weighted by atomic mass is 16.6. The molecule has 1 aromatic carbocycles. The van der Waals surface area contributed by atoms with E-state index in [1.54, 1.807) is 4.90 Å². The lowest BCUT2D eigenvalue weighted by atomic mass is 9.89. The van der Waals surface area contributed by atoms with Crippen LogP contribution in [0.3, 0.4) is 0 Å². The molecule has 2 aliphatic rings. The topological polar surface area (TPSA) is 49.9 Å². The highest BCUT2D eigenvalue weighted by Gasteiger charge is 2.32. The number of nitrogens with zero attached hydrogens (tertiary/aromatic N) is 2. The molecule has 1 atom stereocenters. The third-order valence-electron chi connectivity index (χ3n) is 5.71. The van der Waals surface area contributed by atoms with E-state index >= 15 is 0 Å². The maximum atomic E-state index is 13.0. The van der Waals surface area contributed by atoms with Crippen LogP contribution in [-0.2, 0) is 16.0 Å². The summed E-state index contributed by atoms with van der Waals surface area (Å²) >= 11 is 0. The second-order valence-corrected chi connectivity index (χ2v) is 9.22. The van der Waals surface area contributed by atoms with Gasteiger partial charge in [-0.2, -0.15) is 0 Å². The first-order valence-corrected chi connectivity index (χ1v) is 10.6. The number of likely N-dealkylation sites (tertiary alicyclic amines) is 2. The molecular formula is C23H34N2O3. The molecule has 0 radical (unpaired) electrons. The average molecular weight is 387 g/mol. The van der Waals surface area contributed by atoms with Gasteiger partial charge in [0.25, 0.3) is 0 Å². The predicted octanol–water partition coefficient (Wildman–Crippen LogP) is 4.11. The van der Waals surface area contributed by atoms with Gasteiger partial charge in [-0.1, -0.05) is 30.3 Å². The summed E-state index contributed by atoms with van der Waals surface area (Å²) in [5, 5.41) is 0. The largest absolute Gasteiger partial charge is 0.444 e. The SMILES string of the molecule is CC(C)(C)OC(=O)N1CCC(CN2CCC[C@@H](Cc3ccccc3)C2=O)CC1. The Labute approximate surface area is 169 Å². The molecule has 1 aromatic rings. The van der Waals surface area contributed by atoms with Crippen molar-refractivity contribution in [1.82, 2.24) is 9.80 Å². The van der Waals surface area contributed by atoms with Gasteiger partial charge in [0, 0.05) is 32.1 Å². The second-order valence-electron chi connectivity index (χ2n) is 9.22. The molecule has 154 valence electrons. The van der Waals surface area contributed by atoms with Crippen molar-refractivity contribution in [3.05, 3.63) is 35.9 Å². The van der Waals surface area contributed by atoms with Gasteiger partial charge in [-0.3, -0.25) is 4.79 Å². The number of benzene rings is 1. The van der Waals surface area contributed by atoms with Gasteiger partial charge in [0.05, 0.1) is 0 Å². The van der Waals surface area contributed by atoms with E-state index in [4.69, 9.17) is 4.74 Å². The van der Waals surface area contributed by atoms with Gasteiger partial charge in [0.2, 0.25) is 5.91 Å². The Kier molecular flexibility index (Phi) is 6.63. The summed E-state index contributed by atoms with van der Waals surface area (Å²) in [5.74, 6) is 0.890. The van der Waals surface area contributed by atoms with Crippen LogP contribution in [0.15, 0.2) is 30.3 Å². The van der Waals surface area contributed by atoms with Crippen molar-refractivity contribution in [3.8, 4) is 0 Å². The number of carbonyl (C=O) groups excluding carboxylic acids is 2. The summed E-state index contributed by atoms with van der Waals surface area (Å²) < 4.78 is 5.47. The monoisotopic (exact) mass is 386 g/mol. The molecule has 5 heteroatoms. The third-order valence-corrected chi connectivity index (χ3v) is 5.71. The molecule has 0 unspecified atom stereocenters. The zero-order valence-electron chi connectivity index (χ0n) is 17.5. The molecule has 2 saturated heterocycles. The Morgan fingerprint density at radius 1 is 1.07 bits per heavy atom. The molecule has 2 amide bonds. The van der Waals surface area contributed by atoms with Crippen molar-refractivity contribution >= 4 is 12.0 Å². The molecule has 2 aliphatic heterocycles. The first-order chi connectivity index (χ1) is 13.3. The Balaban J connectivity index is 1.48. The summed E-state index contributed by atoms with van der Waals surface area (Å²) in [4.78, 5) is 29.1. The van der Waals surface area contributed by atoms with Gasteiger partial charge in [0.1, 0.15) is 5.60 Å². The number of ether oxygens (including phenoxy) is 1. The summed E-state index contributed by atoms with van der Waals surface area (Å²) in [6, 6.07) is 10.3. The van der Waals surface area contributed by atoms with Gasteiger partial charge >= 0.3 is 6.09 Å². The van der Waals surface area contributed by atoms with E-state index in [9.17, 15) is 9.59 Å². The molecule has 0 aromatic heterocycles. The fourth-order valence-corrected chi connectivity index (χ4v) is 4.23. The van der Waals surface area contributed by atoms with E-state index in [2.05, 4.69) is 17.0 Å². The average Bonchev–Trinajstić information content (AvgIpc) is 2.65. The Bertz CT molecular complexity index is 660. The van der Waals surface area contributed by atoms with Gasteiger partial charge in [-0.05, 0) is 64.4 Å². The Hall–Kier alpha value is -2.04. The van der Waals surface area contributed by atoms with E-state index in [1.165, 1.54) is 5.56 Å². The molecular weight excluding hydrogens is 352 g/mol. The van der Waals surface area contributed by atoms with Crippen LogP contribution in [0, 0.1) is 11.8 Å². The summed E-state index contributed by atoms with van der Waals surface area (Å²) in [5.41, 5.74) is 0.787. The van der Waals surface area contributed by atoms with E-state index in [0.717, 1.165) is 58.3 Å². The van der Waals surface area contributed by atoms with Crippen LogP contribution in [0.1, 0.15) is 52.0 Å².